The number of hydrogen-bond acceptors (Lipinski definition) is 4. The number of esters is 1. The molecule has 1 aromatic heterocycles. The average molecular weight is 337 g/mol. The summed E-state index contributed by atoms with van der Waals surface area (Å²) in [6.45, 7) is 0.966. The molecule has 2 heterocycles. The highest BCUT2D eigenvalue weighted by molar-refractivity contribution is 9.13. The molecule has 0 radical (unpaired) electrons. The van der Waals surface area contributed by atoms with Crippen molar-refractivity contribution in [2.75, 3.05) is 13.2 Å². The van der Waals surface area contributed by atoms with Gasteiger partial charge in [-0.25, -0.2) is 9.78 Å². The summed E-state index contributed by atoms with van der Waals surface area (Å²) in [5.41, 5.74) is 0.428. The molecule has 2 rings (SSSR count). The van der Waals surface area contributed by atoms with Gasteiger partial charge in [-0.15, -0.1) is 0 Å². The van der Waals surface area contributed by atoms with Crippen LogP contribution in [0, 0.1) is 0 Å². The largest absolute Gasteiger partial charge is 0.454 e. The van der Waals surface area contributed by atoms with Crippen molar-refractivity contribution in [3.63, 3.8) is 0 Å². The van der Waals surface area contributed by atoms with Crippen molar-refractivity contribution >= 4 is 37.8 Å². The number of ether oxygens (including phenoxy) is 2. The van der Waals surface area contributed by atoms with Crippen LogP contribution in [0.25, 0.3) is 0 Å². The molecule has 1 aliphatic heterocycles. The highest BCUT2D eigenvalue weighted by Gasteiger charge is 2.23. The molecule has 0 spiro atoms. The molecule has 0 bridgehead atoms. The van der Waals surface area contributed by atoms with Crippen LogP contribution in [0.4, 0.5) is 0 Å². The fourth-order valence-corrected chi connectivity index (χ4v) is 1.60. The summed E-state index contributed by atoms with van der Waals surface area (Å²) >= 11 is 6.49. The molecule has 1 aliphatic rings. The molecule has 0 amide bonds. The molecule has 15 heavy (non-hydrogen) atoms. The first-order valence-corrected chi connectivity index (χ1v) is 5.85. The van der Waals surface area contributed by atoms with Crippen molar-refractivity contribution in [1.29, 1.82) is 0 Å². The van der Waals surface area contributed by atoms with E-state index in [2.05, 4.69) is 36.8 Å². The third kappa shape index (κ3) is 2.56. The standard InChI is InChI=1S/C9H7Br2NO3/c10-7-1-5(2-12-8(7)11)9(13)15-6-3-14-4-6/h1-2,6H,3-4H2. The van der Waals surface area contributed by atoms with Gasteiger partial charge in [-0.3, -0.25) is 0 Å². The van der Waals surface area contributed by atoms with Crippen molar-refractivity contribution in [2.45, 2.75) is 6.10 Å². The molecule has 1 aromatic rings. The van der Waals surface area contributed by atoms with Gasteiger partial charge in [0.2, 0.25) is 0 Å². The third-order valence-electron chi connectivity index (χ3n) is 1.91. The lowest BCUT2D eigenvalue weighted by molar-refractivity contribution is -0.103. The van der Waals surface area contributed by atoms with Crippen LogP contribution in [0.1, 0.15) is 10.4 Å². The van der Waals surface area contributed by atoms with E-state index >= 15 is 0 Å². The Labute approximate surface area is 103 Å². The summed E-state index contributed by atoms with van der Waals surface area (Å²) < 4.78 is 11.4. The average Bonchev–Trinajstić information content (AvgIpc) is 2.15. The van der Waals surface area contributed by atoms with Crippen LogP contribution in [0.5, 0.6) is 0 Å². The van der Waals surface area contributed by atoms with E-state index < -0.39 is 0 Å². The molecule has 1 saturated heterocycles. The van der Waals surface area contributed by atoms with E-state index in [4.69, 9.17) is 9.47 Å². The van der Waals surface area contributed by atoms with Crippen molar-refractivity contribution in [3.05, 3.63) is 26.9 Å². The Morgan fingerprint density at radius 1 is 1.53 bits per heavy atom. The maximum Gasteiger partial charge on any atom is 0.340 e. The molecular weight excluding hydrogens is 330 g/mol. The number of halogens is 2. The first kappa shape index (κ1) is 11.0. The van der Waals surface area contributed by atoms with Gasteiger partial charge in [0, 0.05) is 6.20 Å². The maximum atomic E-state index is 11.6. The number of carbonyl (C=O) groups is 1. The molecule has 0 aliphatic carbocycles. The minimum atomic E-state index is -0.371. The van der Waals surface area contributed by atoms with Crippen LogP contribution in [-0.2, 0) is 9.47 Å². The van der Waals surface area contributed by atoms with E-state index in [1.54, 1.807) is 6.07 Å². The number of aromatic nitrogens is 1. The van der Waals surface area contributed by atoms with E-state index in [0.717, 1.165) is 4.47 Å². The van der Waals surface area contributed by atoms with E-state index in [0.29, 0.717) is 23.4 Å². The zero-order valence-electron chi connectivity index (χ0n) is 7.57. The van der Waals surface area contributed by atoms with Crippen LogP contribution in [-0.4, -0.2) is 30.3 Å². The second-order valence-corrected chi connectivity index (χ2v) is 4.67. The highest BCUT2D eigenvalue weighted by Crippen LogP contribution is 2.21. The third-order valence-corrected chi connectivity index (χ3v) is 3.68. The summed E-state index contributed by atoms with van der Waals surface area (Å²) in [6.07, 6.45) is 1.36. The van der Waals surface area contributed by atoms with E-state index in [-0.39, 0.29) is 12.1 Å². The van der Waals surface area contributed by atoms with E-state index in [1.165, 1.54) is 6.20 Å². The monoisotopic (exact) mass is 335 g/mol. The Kier molecular flexibility index (Phi) is 3.38. The maximum absolute atomic E-state index is 11.6. The molecule has 0 atom stereocenters. The summed E-state index contributed by atoms with van der Waals surface area (Å²) in [5.74, 6) is -0.371. The van der Waals surface area contributed by atoms with Crippen LogP contribution >= 0.6 is 31.9 Å². The summed E-state index contributed by atoms with van der Waals surface area (Å²) in [5, 5.41) is 0. The zero-order chi connectivity index (χ0) is 10.8. The number of hydrogen-bond donors (Lipinski definition) is 0. The lowest BCUT2D eigenvalue weighted by Gasteiger charge is -2.25. The number of rotatable bonds is 2. The normalized spacial score (nSPS) is 15.9. The van der Waals surface area contributed by atoms with Gasteiger partial charge in [0.25, 0.3) is 0 Å². The molecule has 1 fully saturated rings. The van der Waals surface area contributed by atoms with Crippen molar-refractivity contribution in [2.24, 2.45) is 0 Å². The molecular formula is C9H7Br2NO3. The summed E-state index contributed by atoms with van der Waals surface area (Å²) in [6, 6.07) is 1.67. The number of carbonyl (C=O) groups excluding carboxylic acids is 1. The van der Waals surface area contributed by atoms with Crippen molar-refractivity contribution < 1.29 is 14.3 Å². The SMILES string of the molecule is O=C(OC1COC1)c1cnc(Br)c(Br)c1. The Morgan fingerprint density at radius 3 is 2.80 bits per heavy atom. The second kappa shape index (κ2) is 4.59. The van der Waals surface area contributed by atoms with Gasteiger partial charge in [-0.05, 0) is 37.9 Å². The molecule has 0 unspecified atom stereocenters. The van der Waals surface area contributed by atoms with Crippen molar-refractivity contribution in [1.82, 2.24) is 4.98 Å². The smallest absolute Gasteiger partial charge is 0.340 e. The van der Waals surface area contributed by atoms with Gasteiger partial charge >= 0.3 is 5.97 Å². The van der Waals surface area contributed by atoms with Gasteiger partial charge < -0.3 is 9.47 Å². The predicted molar refractivity (Wildman–Crippen MR) is 59.7 cm³/mol. The number of nitrogens with zero attached hydrogens (tertiary/aromatic N) is 1. The molecule has 4 nitrogen and oxygen atoms in total. The fourth-order valence-electron chi connectivity index (χ4n) is 1.03. The first-order valence-electron chi connectivity index (χ1n) is 4.26. The minimum absolute atomic E-state index is 0.111. The summed E-state index contributed by atoms with van der Waals surface area (Å²) in [7, 11) is 0. The van der Waals surface area contributed by atoms with Crippen LogP contribution in [0.2, 0.25) is 0 Å². The zero-order valence-corrected chi connectivity index (χ0v) is 10.7. The molecule has 80 valence electrons. The second-order valence-electron chi connectivity index (χ2n) is 3.06. The van der Waals surface area contributed by atoms with Crippen molar-refractivity contribution in [3.8, 4) is 0 Å². The minimum Gasteiger partial charge on any atom is -0.454 e. The Bertz CT molecular complexity index is 393. The summed E-state index contributed by atoms with van der Waals surface area (Å²) in [4.78, 5) is 15.5. The molecule has 6 heteroatoms. The quantitative estimate of drug-likeness (QED) is 0.613. The molecule has 0 saturated carbocycles. The molecule has 0 N–H and O–H groups in total. The topological polar surface area (TPSA) is 48.4 Å². The Morgan fingerprint density at radius 2 is 2.27 bits per heavy atom. The van der Waals surface area contributed by atoms with Gasteiger partial charge in [0.05, 0.1) is 23.2 Å². The highest BCUT2D eigenvalue weighted by atomic mass is 79.9. The van der Waals surface area contributed by atoms with Gasteiger partial charge in [-0.2, -0.15) is 0 Å². The van der Waals surface area contributed by atoms with Crippen LogP contribution in [0.15, 0.2) is 21.3 Å². The molecule has 0 aromatic carbocycles. The van der Waals surface area contributed by atoms with Crippen LogP contribution in [0.3, 0.4) is 0 Å². The van der Waals surface area contributed by atoms with Gasteiger partial charge in [0.15, 0.2) is 0 Å². The predicted octanol–water partition coefficient (Wildman–Crippen LogP) is 2.16. The Balaban J connectivity index is 2.07. The van der Waals surface area contributed by atoms with Gasteiger partial charge in [0.1, 0.15) is 10.7 Å². The van der Waals surface area contributed by atoms with E-state index in [9.17, 15) is 4.79 Å². The fraction of sp³-hybridized carbons (Fsp3) is 0.333. The lowest BCUT2D eigenvalue weighted by atomic mass is 10.3. The Hall–Kier alpha value is -0.460. The van der Waals surface area contributed by atoms with Gasteiger partial charge in [-0.1, -0.05) is 0 Å². The van der Waals surface area contributed by atoms with E-state index in [1.807, 2.05) is 0 Å². The first-order chi connectivity index (χ1) is 7.16. The number of pyridine rings is 1. The lowest BCUT2D eigenvalue weighted by Crippen LogP contribution is -2.37. The van der Waals surface area contributed by atoms with Crippen LogP contribution < -0.4 is 0 Å².